The van der Waals surface area contributed by atoms with Crippen LogP contribution >= 0.6 is 0 Å². The number of aryl methyl sites for hydroxylation is 2. The molecule has 0 saturated carbocycles. The number of rotatable bonds is 5. The number of hydrogen-bond acceptors (Lipinski definition) is 5. The number of ether oxygens (including phenoxy) is 1. The van der Waals surface area contributed by atoms with Gasteiger partial charge in [-0.1, -0.05) is 30.3 Å². The summed E-state index contributed by atoms with van der Waals surface area (Å²) in [4.78, 5) is 13.6. The molecule has 7 nitrogen and oxygen atoms in total. The van der Waals surface area contributed by atoms with Gasteiger partial charge in [-0.25, -0.2) is 19.6 Å². The van der Waals surface area contributed by atoms with Gasteiger partial charge in [0.1, 0.15) is 12.2 Å². The fourth-order valence-electron chi connectivity index (χ4n) is 3.84. The second-order valence-corrected chi connectivity index (χ2v) is 7.35. The third kappa shape index (κ3) is 3.39. The Balaban J connectivity index is 1.39. The Hall–Kier alpha value is -3.74. The maximum absolute atomic E-state index is 5.53. The summed E-state index contributed by atoms with van der Waals surface area (Å²) < 4.78 is 9.40. The highest BCUT2D eigenvalue weighted by atomic mass is 16.5. The van der Waals surface area contributed by atoms with E-state index in [0.29, 0.717) is 23.3 Å². The summed E-state index contributed by atoms with van der Waals surface area (Å²) in [6.45, 7) is 2.84. The molecule has 0 fully saturated rings. The smallest absolute Gasteiger partial charge is 0.180 e. The van der Waals surface area contributed by atoms with Crippen LogP contribution in [-0.2, 0) is 6.54 Å². The van der Waals surface area contributed by atoms with Gasteiger partial charge >= 0.3 is 0 Å². The summed E-state index contributed by atoms with van der Waals surface area (Å²) in [5.41, 5.74) is 3.14. The fourth-order valence-corrected chi connectivity index (χ4v) is 3.84. The van der Waals surface area contributed by atoms with Gasteiger partial charge in [0.25, 0.3) is 0 Å². The van der Waals surface area contributed by atoms with Gasteiger partial charge in [-0.05, 0) is 42.7 Å². The Morgan fingerprint density at radius 3 is 2.77 bits per heavy atom. The lowest BCUT2D eigenvalue weighted by Crippen LogP contribution is -1.99. The topological polar surface area (TPSA) is 70.7 Å². The maximum atomic E-state index is 5.53. The average Bonchev–Trinajstić information content (AvgIpc) is 3.48. The van der Waals surface area contributed by atoms with Crippen LogP contribution in [0.2, 0.25) is 0 Å². The SMILES string of the molecule is COc1cc(C=Cc2nc3n(n2)CCC3c2ccccc2)cnc1-n1cnc(C)c1. The molecule has 5 rings (SSSR count). The molecule has 0 N–H and O–H groups in total. The van der Waals surface area contributed by atoms with Crippen molar-refractivity contribution in [3.05, 3.63) is 83.6 Å². The summed E-state index contributed by atoms with van der Waals surface area (Å²) in [7, 11) is 1.64. The molecule has 1 aliphatic heterocycles. The molecular weight excluding hydrogens is 376 g/mol. The Labute approximate surface area is 174 Å². The van der Waals surface area contributed by atoms with E-state index in [4.69, 9.17) is 9.72 Å². The van der Waals surface area contributed by atoms with Crippen molar-refractivity contribution in [1.29, 1.82) is 0 Å². The van der Waals surface area contributed by atoms with Crippen LogP contribution in [0.25, 0.3) is 18.0 Å². The summed E-state index contributed by atoms with van der Waals surface area (Å²) in [6, 6.07) is 12.5. The van der Waals surface area contributed by atoms with Crippen LogP contribution in [0.1, 0.15) is 40.8 Å². The molecule has 150 valence electrons. The van der Waals surface area contributed by atoms with Gasteiger partial charge in [0.05, 0.1) is 12.8 Å². The first-order valence-electron chi connectivity index (χ1n) is 9.94. The lowest BCUT2D eigenvalue weighted by molar-refractivity contribution is 0.410. The minimum atomic E-state index is 0.306. The maximum Gasteiger partial charge on any atom is 0.180 e. The molecule has 7 heteroatoms. The van der Waals surface area contributed by atoms with Gasteiger partial charge in [0.2, 0.25) is 0 Å². The number of benzene rings is 1. The molecule has 1 aliphatic rings. The molecule has 1 atom stereocenters. The summed E-state index contributed by atoms with van der Waals surface area (Å²) >= 11 is 0. The molecule has 0 saturated heterocycles. The third-order valence-electron chi connectivity index (χ3n) is 5.31. The summed E-state index contributed by atoms with van der Waals surface area (Å²) in [5.74, 6) is 3.43. The van der Waals surface area contributed by atoms with Gasteiger partial charge in [-0.15, -0.1) is 0 Å². The van der Waals surface area contributed by atoms with E-state index in [1.54, 1.807) is 19.6 Å². The molecule has 0 bridgehead atoms. The highest BCUT2D eigenvalue weighted by molar-refractivity contribution is 5.67. The molecule has 4 aromatic rings. The number of hydrogen-bond donors (Lipinski definition) is 0. The molecule has 30 heavy (non-hydrogen) atoms. The summed E-state index contributed by atoms with van der Waals surface area (Å²) in [5, 5.41) is 4.65. The predicted octanol–water partition coefficient (Wildman–Crippen LogP) is 3.88. The molecule has 3 aromatic heterocycles. The van der Waals surface area contributed by atoms with Crippen molar-refractivity contribution in [2.45, 2.75) is 25.8 Å². The van der Waals surface area contributed by atoms with Gasteiger partial charge in [0, 0.05) is 24.9 Å². The van der Waals surface area contributed by atoms with E-state index in [2.05, 4.69) is 39.3 Å². The van der Waals surface area contributed by atoms with Crippen LogP contribution in [0, 0.1) is 6.92 Å². The molecule has 1 unspecified atom stereocenters. The zero-order valence-corrected chi connectivity index (χ0v) is 16.9. The van der Waals surface area contributed by atoms with E-state index in [0.717, 1.165) is 30.0 Å². The second-order valence-electron chi connectivity index (χ2n) is 7.35. The highest BCUT2D eigenvalue weighted by Gasteiger charge is 2.27. The van der Waals surface area contributed by atoms with Crippen molar-refractivity contribution in [3.8, 4) is 11.6 Å². The highest BCUT2D eigenvalue weighted by Crippen LogP contribution is 2.32. The number of fused-ring (bicyclic) bond motifs is 1. The first-order valence-corrected chi connectivity index (χ1v) is 9.94. The Bertz CT molecular complexity index is 1210. The fraction of sp³-hybridized carbons (Fsp3) is 0.217. The second kappa shape index (κ2) is 7.59. The Morgan fingerprint density at radius 1 is 1.13 bits per heavy atom. The minimum absolute atomic E-state index is 0.306. The van der Waals surface area contributed by atoms with Gasteiger partial charge < -0.3 is 4.74 Å². The standard InChI is InChI=1S/C23H22N6O/c1-16-14-28(15-25-16)23-20(30-2)12-17(13-24-23)8-9-21-26-22-19(10-11-29(22)27-21)18-6-4-3-5-7-18/h3-9,12-15,19H,10-11H2,1-2H3. The summed E-state index contributed by atoms with van der Waals surface area (Å²) in [6.07, 6.45) is 10.4. The average molecular weight is 398 g/mol. The first kappa shape index (κ1) is 18.3. The lowest BCUT2D eigenvalue weighted by Gasteiger charge is -2.08. The van der Waals surface area contributed by atoms with Crippen molar-refractivity contribution in [1.82, 2.24) is 29.3 Å². The van der Waals surface area contributed by atoms with E-state index < -0.39 is 0 Å². The Kier molecular flexibility index (Phi) is 4.63. The lowest BCUT2D eigenvalue weighted by atomic mass is 9.97. The van der Waals surface area contributed by atoms with E-state index in [-0.39, 0.29) is 0 Å². The van der Waals surface area contributed by atoms with Gasteiger partial charge in [-0.3, -0.25) is 4.57 Å². The molecule has 1 aromatic carbocycles. The zero-order chi connectivity index (χ0) is 20.5. The van der Waals surface area contributed by atoms with Crippen LogP contribution in [-0.4, -0.2) is 36.4 Å². The number of aromatic nitrogens is 6. The van der Waals surface area contributed by atoms with Gasteiger partial charge in [0.15, 0.2) is 17.4 Å². The number of methoxy groups -OCH3 is 1. The van der Waals surface area contributed by atoms with Crippen molar-refractivity contribution in [2.24, 2.45) is 0 Å². The largest absolute Gasteiger partial charge is 0.493 e. The predicted molar refractivity (Wildman–Crippen MR) is 115 cm³/mol. The van der Waals surface area contributed by atoms with E-state index in [1.807, 2.05) is 46.7 Å². The van der Waals surface area contributed by atoms with Crippen molar-refractivity contribution in [2.75, 3.05) is 7.11 Å². The molecule has 0 amide bonds. The first-order chi connectivity index (χ1) is 14.7. The van der Waals surface area contributed by atoms with Crippen LogP contribution in [0.4, 0.5) is 0 Å². The van der Waals surface area contributed by atoms with Crippen LogP contribution in [0.3, 0.4) is 0 Å². The van der Waals surface area contributed by atoms with Crippen molar-refractivity contribution < 1.29 is 4.74 Å². The van der Waals surface area contributed by atoms with E-state index in [1.165, 1.54) is 5.56 Å². The monoisotopic (exact) mass is 398 g/mol. The number of pyridine rings is 1. The van der Waals surface area contributed by atoms with E-state index in [9.17, 15) is 0 Å². The molecule has 0 aliphatic carbocycles. The van der Waals surface area contributed by atoms with Crippen LogP contribution in [0.5, 0.6) is 5.75 Å². The molecule has 0 radical (unpaired) electrons. The normalized spacial score (nSPS) is 15.6. The van der Waals surface area contributed by atoms with Gasteiger partial charge in [-0.2, -0.15) is 5.10 Å². The number of nitrogens with zero attached hydrogens (tertiary/aromatic N) is 6. The van der Waals surface area contributed by atoms with Crippen LogP contribution < -0.4 is 4.74 Å². The molecule has 0 spiro atoms. The molecular formula is C23H22N6O. The molecule has 4 heterocycles. The van der Waals surface area contributed by atoms with E-state index >= 15 is 0 Å². The third-order valence-corrected chi connectivity index (χ3v) is 5.31. The zero-order valence-electron chi connectivity index (χ0n) is 16.9. The van der Waals surface area contributed by atoms with Crippen molar-refractivity contribution in [3.63, 3.8) is 0 Å². The van der Waals surface area contributed by atoms with Crippen molar-refractivity contribution >= 4 is 12.2 Å². The Morgan fingerprint density at radius 2 is 2.00 bits per heavy atom. The van der Waals surface area contributed by atoms with Crippen LogP contribution in [0.15, 0.2) is 55.1 Å². The quantitative estimate of drug-likeness (QED) is 0.510. The number of imidazole rings is 1. The minimum Gasteiger partial charge on any atom is -0.493 e.